The molecule has 1 aliphatic heterocycles. The van der Waals surface area contributed by atoms with E-state index in [2.05, 4.69) is 5.32 Å². The fraction of sp³-hybridized carbons (Fsp3) is 0.833. The Morgan fingerprint density at radius 3 is 2.82 bits per heavy atom. The number of rotatable bonds is 1. The van der Waals surface area contributed by atoms with E-state index >= 15 is 0 Å². The van der Waals surface area contributed by atoms with Gasteiger partial charge in [-0.05, 0) is 6.92 Å². The van der Waals surface area contributed by atoms with Crippen molar-refractivity contribution >= 4 is 6.03 Å². The van der Waals surface area contributed by atoms with Crippen LogP contribution in [0.25, 0.3) is 0 Å². The van der Waals surface area contributed by atoms with Crippen molar-refractivity contribution in [2.45, 2.75) is 12.8 Å². The van der Waals surface area contributed by atoms with Crippen LogP contribution in [0.15, 0.2) is 0 Å². The highest BCUT2D eigenvalue weighted by Gasteiger charge is 2.37. The highest BCUT2D eigenvalue weighted by atomic mass is 19.3. The smallest absolute Gasteiger partial charge is 0.317 e. The zero-order valence-electron chi connectivity index (χ0n) is 6.23. The van der Waals surface area contributed by atoms with Gasteiger partial charge in [0.25, 0.3) is 5.92 Å². The molecule has 2 amide bonds. The number of amides is 2. The molecule has 1 fully saturated rings. The van der Waals surface area contributed by atoms with Crippen LogP contribution in [-0.4, -0.2) is 36.5 Å². The molecule has 1 N–H and O–H groups in total. The molecule has 0 spiro atoms. The van der Waals surface area contributed by atoms with Gasteiger partial charge in [-0.25, -0.2) is 13.6 Å². The Balaban J connectivity index is 2.58. The third-order valence-electron chi connectivity index (χ3n) is 1.59. The molecule has 1 saturated heterocycles. The van der Waals surface area contributed by atoms with Gasteiger partial charge < -0.3 is 10.2 Å². The van der Waals surface area contributed by atoms with E-state index in [1.165, 1.54) is 0 Å². The molecular formula is C6H10F2N2O. The number of carbonyl (C=O) groups is 1. The van der Waals surface area contributed by atoms with Crippen molar-refractivity contribution in [3.8, 4) is 0 Å². The molecule has 0 unspecified atom stereocenters. The maximum atomic E-state index is 12.6. The highest BCUT2D eigenvalue weighted by Crippen LogP contribution is 2.17. The summed E-state index contributed by atoms with van der Waals surface area (Å²) in [6, 6.07) is -0.404. The normalized spacial score (nSPS) is 23.2. The summed E-state index contributed by atoms with van der Waals surface area (Å²) in [5, 5.41) is 2.11. The quantitative estimate of drug-likeness (QED) is 0.606. The monoisotopic (exact) mass is 164 g/mol. The minimum absolute atomic E-state index is 0.321. The number of urea groups is 1. The summed E-state index contributed by atoms with van der Waals surface area (Å²) in [5.41, 5.74) is 0. The standard InChI is InChI=1S/C6H10F2N2O/c1-2-10-4-6(7,8)3-9-5(10)11/h2-4H2,1H3,(H,9,11). The van der Waals surface area contributed by atoms with Crippen molar-refractivity contribution in [2.24, 2.45) is 0 Å². The molecule has 0 radical (unpaired) electrons. The molecule has 0 aliphatic carbocycles. The molecule has 0 aromatic heterocycles. The number of nitrogens with zero attached hydrogens (tertiary/aromatic N) is 1. The lowest BCUT2D eigenvalue weighted by atomic mass is 10.2. The fourth-order valence-corrected chi connectivity index (χ4v) is 0.979. The van der Waals surface area contributed by atoms with Crippen LogP contribution in [0.2, 0.25) is 0 Å². The van der Waals surface area contributed by atoms with E-state index in [4.69, 9.17) is 0 Å². The number of carbonyl (C=O) groups excluding carboxylic acids is 1. The van der Waals surface area contributed by atoms with E-state index in [1.807, 2.05) is 0 Å². The predicted octanol–water partition coefficient (Wildman–Crippen LogP) is 0.667. The van der Waals surface area contributed by atoms with Crippen molar-refractivity contribution in [2.75, 3.05) is 19.6 Å². The maximum Gasteiger partial charge on any atom is 0.317 e. The molecule has 3 nitrogen and oxygen atoms in total. The van der Waals surface area contributed by atoms with Gasteiger partial charge in [0.1, 0.15) is 0 Å². The first-order chi connectivity index (χ1) is 5.05. The van der Waals surface area contributed by atoms with E-state index in [9.17, 15) is 13.6 Å². The van der Waals surface area contributed by atoms with E-state index < -0.39 is 25.0 Å². The maximum absolute atomic E-state index is 12.6. The van der Waals surface area contributed by atoms with Crippen molar-refractivity contribution in [1.29, 1.82) is 0 Å². The minimum Gasteiger partial charge on any atom is -0.332 e. The molecule has 0 bridgehead atoms. The number of halogens is 2. The largest absolute Gasteiger partial charge is 0.332 e. The summed E-state index contributed by atoms with van der Waals surface area (Å²) >= 11 is 0. The van der Waals surface area contributed by atoms with Gasteiger partial charge in [-0.3, -0.25) is 0 Å². The number of nitrogens with one attached hydrogen (secondary N) is 1. The second-order valence-electron chi connectivity index (χ2n) is 2.53. The average molecular weight is 164 g/mol. The molecule has 1 heterocycles. The van der Waals surface area contributed by atoms with Crippen LogP contribution in [0.4, 0.5) is 13.6 Å². The van der Waals surface area contributed by atoms with Crippen molar-refractivity contribution in [3.05, 3.63) is 0 Å². The van der Waals surface area contributed by atoms with E-state index in [-0.39, 0.29) is 0 Å². The summed E-state index contributed by atoms with van der Waals surface area (Å²) in [6.45, 7) is 0.986. The molecule has 5 heteroatoms. The molecule has 0 aromatic rings. The van der Waals surface area contributed by atoms with E-state index in [0.717, 1.165) is 4.90 Å². The van der Waals surface area contributed by atoms with Crippen molar-refractivity contribution in [3.63, 3.8) is 0 Å². The highest BCUT2D eigenvalue weighted by molar-refractivity contribution is 5.75. The van der Waals surface area contributed by atoms with E-state index in [1.54, 1.807) is 6.92 Å². The van der Waals surface area contributed by atoms with Crippen LogP contribution in [0, 0.1) is 0 Å². The summed E-state index contributed by atoms with van der Waals surface area (Å²) < 4.78 is 25.1. The molecule has 0 atom stereocenters. The fourth-order valence-electron chi connectivity index (χ4n) is 0.979. The van der Waals surface area contributed by atoms with Gasteiger partial charge in [-0.2, -0.15) is 0 Å². The van der Waals surface area contributed by atoms with Gasteiger partial charge >= 0.3 is 6.03 Å². The van der Waals surface area contributed by atoms with Crippen molar-refractivity contribution < 1.29 is 13.6 Å². The Morgan fingerprint density at radius 2 is 2.36 bits per heavy atom. The Labute approximate surface area is 63.4 Å². The van der Waals surface area contributed by atoms with Gasteiger partial charge in [0.2, 0.25) is 0 Å². The lowest BCUT2D eigenvalue weighted by Crippen LogP contribution is -2.56. The van der Waals surface area contributed by atoms with Crippen LogP contribution >= 0.6 is 0 Å². The Kier molecular flexibility index (Phi) is 1.97. The molecule has 1 rings (SSSR count). The predicted molar refractivity (Wildman–Crippen MR) is 35.6 cm³/mol. The van der Waals surface area contributed by atoms with Crippen LogP contribution in [0.5, 0.6) is 0 Å². The molecule has 0 aromatic carbocycles. The zero-order valence-corrected chi connectivity index (χ0v) is 6.23. The van der Waals surface area contributed by atoms with Gasteiger partial charge in [-0.1, -0.05) is 0 Å². The molecule has 64 valence electrons. The van der Waals surface area contributed by atoms with Crippen LogP contribution in [0.1, 0.15) is 6.92 Å². The zero-order chi connectivity index (χ0) is 8.48. The third-order valence-corrected chi connectivity index (χ3v) is 1.59. The Bertz CT molecular complexity index is 172. The Morgan fingerprint density at radius 1 is 1.73 bits per heavy atom. The van der Waals surface area contributed by atoms with Gasteiger partial charge in [0.05, 0.1) is 13.1 Å². The van der Waals surface area contributed by atoms with Crippen LogP contribution < -0.4 is 5.32 Å². The lowest BCUT2D eigenvalue weighted by molar-refractivity contribution is -0.0339. The molecule has 11 heavy (non-hydrogen) atoms. The molecule has 0 saturated carbocycles. The van der Waals surface area contributed by atoms with Crippen molar-refractivity contribution in [1.82, 2.24) is 10.2 Å². The molecular weight excluding hydrogens is 154 g/mol. The van der Waals surface area contributed by atoms with E-state index in [0.29, 0.717) is 6.54 Å². The average Bonchev–Trinajstić information content (AvgIpc) is 1.94. The second kappa shape index (κ2) is 2.64. The first-order valence-electron chi connectivity index (χ1n) is 3.46. The van der Waals surface area contributed by atoms with Gasteiger partial charge in [0.15, 0.2) is 0 Å². The SMILES string of the molecule is CCN1CC(F)(F)CNC1=O. The summed E-state index contributed by atoms with van der Waals surface area (Å²) in [4.78, 5) is 11.9. The summed E-state index contributed by atoms with van der Waals surface area (Å²) in [5.74, 6) is -2.77. The van der Waals surface area contributed by atoms with Crippen LogP contribution in [0.3, 0.4) is 0 Å². The topological polar surface area (TPSA) is 32.3 Å². The van der Waals surface area contributed by atoms with Gasteiger partial charge in [-0.15, -0.1) is 0 Å². The first kappa shape index (κ1) is 8.23. The number of hydrogen-bond donors (Lipinski definition) is 1. The van der Waals surface area contributed by atoms with Gasteiger partial charge in [0, 0.05) is 6.54 Å². The number of alkyl halides is 2. The minimum atomic E-state index is -2.77. The molecule has 1 aliphatic rings. The second-order valence-corrected chi connectivity index (χ2v) is 2.53. The summed E-state index contributed by atoms with van der Waals surface area (Å²) in [6.07, 6.45) is 0. The third kappa shape index (κ3) is 1.78. The van der Waals surface area contributed by atoms with Crippen LogP contribution in [-0.2, 0) is 0 Å². The lowest BCUT2D eigenvalue weighted by Gasteiger charge is -2.31. The Hall–Kier alpha value is -0.870. The number of hydrogen-bond acceptors (Lipinski definition) is 1. The summed E-state index contributed by atoms with van der Waals surface area (Å²) in [7, 11) is 0. The first-order valence-corrected chi connectivity index (χ1v) is 3.46.